The highest BCUT2D eigenvalue weighted by Crippen LogP contribution is 2.27. The third kappa shape index (κ3) is 9.75. The fraction of sp³-hybridized carbons (Fsp3) is 0.412. The smallest absolute Gasteiger partial charge is 0.271 e. The second-order valence-electron chi connectivity index (χ2n) is 12.0. The average molecular weight is 660 g/mol. The van der Waals surface area contributed by atoms with Crippen LogP contribution in [0.5, 0.6) is 0 Å². The van der Waals surface area contributed by atoms with Crippen molar-refractivity contribution in [2.24, 2.45) is 5.92 Å². The third-order valence-electron chi connectivity index (χ3n) is 7.71. The van der Waals surface area contributed by atoms with Gasteiger partial charge >= 0.3 is 0 Å². The number of thiazole rings is 2. The molecule has 3 N–H and O–H groups in total. The number of rotatable bonds is 6. The van der Waals surface area contributed by atoms with Crippen LogP contribution in [0.4, 0.5) is 0 Å². The van der Waals surface area contributed by atoms with Gasteiger partial charge in [-0.3, -0.25) is 24.3 Å². The Morgan fingerprint density at radius 1 is 0.826 bits per heavy atom. The Labute approximate surface area is 278 Å². The number of nitrogens with zero attached hydrogens (tertiary/aromatic N) is 4. The lowest BCUT2D eigenvalue weighted by Gasteiger charge is -2.23. The van der Waals surface area contributed by atoms with Gasteiger partial charge in [0.15, 0.2) is 0 Å². The summed E-state index contributed by atoms with van der Waals surface area (Å²) in [5.74, 6) is -0.270. The van der Waals surface area contributed by atoms with Crippen molar-refractivity contribution in [3.63, 3.8) is 0 Å². The number of carbonyl (C=O) groups excluding carboxylic acids is 3. The maximum Gasteiger partial charge on any atom is 0.271 e. The monoisotopic (exact) mass is 659 g/mol. The SMILES string of the molecule is CC(C)C[C@@H]1NC(=O)CCCN(Cc2ccncc2)CCCNC(=O)c2csc(n2)[C@H](Cc2ccccc2)NC(=O)c2csc1n2. The first kappa shape index (κ1) is 33.4. The number of amides is 3. The number of aromatic nitrogens is 3. The second kappa shape index (κ2) is 16.5. The minimum atomic E-state index is -0.450. The predicted octanol–water partition coefficient (Wildman–Crippen LogP) is 5.33. The van der Waals surface area contributed by atoms with Gasteiger partial charge in [-0.1, -0.05) is 44.2 Å². The highest BCUT2D eigenvalue weighted by Gasteiger charge is 2.25. The first-order valence-electron chi connectivity index (χ1n) is 15.8. The van der Waals surface area contributed by atoms with E-state index >= 15 is 0 Å². The Hall–Kier alpha value is -4.00. The summed E-state index contributed by atoms with van der Waals surface area (Å²) in [5.41, 5.74) is 2.82. The molecule has 5 rings (SSSR count). The van der Waals surface area contributed by atoms with E-state index in [9.17, 15) is 14.4 Å². The molecule has 4 bridgehead atoms. The molecule has 1 aromatic carbocycles. The zero-order valence-electron chi connectivity index (χ0n) is 26.3. The van der Waals surface area contributed by atoms with Crippen LogP contribution in [-0.2, 0) is 17.8 Å². The molecule has 10 nitrogen and oxygen atoms in total. The molecule has 2 atom stereocenters. The molecule has 1 aliphatic rings. The van der Waals surface area contributed by atoms with Gasteiger partial charge in [0.05, 0.1) is 12.1 Å². The van der Waals surface area contributed by atoms with E-state index in [-0.39, 0.29) is 23.8 Å². The first-order chi connectivity index (χ1) is 22.3. The molecule has 3 aromatic heterocycles. The Kier molecular flexibility index (Phi) is 12.0. The minimum absolute atomic E-state index is 0.0314. The molecule has 0 fully saturated rings. The zero-order valence-corrected chi connectivity index (χ0v) is 27.9. The standard InChI is InChI=1S/C34H41N7O3S2/c1-23(2)18-26-33-40-29(22-46-33)32(44)38-27(19-24-8-4-3-5-9-24)34-39-28(21-45-34)31(43)36-13-7-17-41(16-6-10-30(42)37-26)20-25-11-14-35-15-12-25/h3-5,8-9,11-12,14-15,21-23,26-27H,6-7,10,13,16-20H2,1-2H3,(H,36,43)(H,37,42)(H,38,44)/t26-,27-/m0/s1. The van der Waals surface area contributed by atoms with Crippen LogP contribution < -0.4 is 16.0 Å². The largest absolute Gasteiger partial charge is 0.351 e. The van der Waals surface area contributed by atoms with Crippen molar-refractivity contribution in [1.29, 1.82) is 0 Å². The minimum Gasteiger partial charge on any atom is -0.351 e. The van der Waals surface area contributed by atoms with Crippen LogP contribution in [-0.4, -0.2) is 57.2 Å². The normalized spacial score (nSPS) is 19.2. The van der Waals surface area contributed by atoms with Gasteiger partial charge in [-0.25, -0.2) is 9.97 Å². The van der Waals surface area contributed by atoms with Crippen LogP contribution in [0.3, 0.4) is 0 Å². The molecule has 4 aromatic rings. The van der Waals surface area contributed by atoms with Crippen LogP contribution in [0.25, 0.3) is 0 Å². The van der Waals surface area contributed by atoms with Gasteiger partial charge in [0.2, 0.25) is 5.91 Å². The fourth-order valence-corrected chi connectivity index (χ4v) is 7.13. The molecule has 4 heterocycles. The summed E-state index contributed by atoms with van der Waals surface area (Å²) in [6, 6.07) is 13.1. The summed E-state index contributed by atoms with van der Waals surface area (Å²) in [5, 5.41) is 14.2. The van der Waals surface area contributed by atoms with Gasteiger partial charge < -0.3 is 16.0 Å². The maximum atomic E-state index is 13.5. The lowest BCUT2D eigenvalue weighted by molar-refractivity contribution is -0.122. The van der Waals surface area contributed by atoms with Crippen LogP contribution >= 0.6 is 22.7 Å². The van der Waals surface area contributed by atoms with E-state index < -0.39 is 6.04 Å². The summed E-state index contributed by atoms with van der Waals surface area (Å²) in [6.45, 7) is 6.94. The molecule has 12 heteroatoms. The summed E-state index contributed by atoms with van der Waals surface area (Å²) in [4.78, 5) is 55.5. The van der Waals surface area contributed by atoms with Gasteiger partial charge in [0.25, 0.3) is 11.8 Å². The number of nitrogens with one attached hydrogen (secondary N) is 3. The maximum absolute atomic E-state index is 13.5. The Balaban J connectivity index is 1.39. The van der Waals surface area contributed by atoms with E-state index in [4.69, 9.17) is 4.98 Å². The topological polar surface area (TPSA) is 129 Å². The lowest BCUT2D eigenvalue weighted by Crippen LogP contribution is -2.32. The lowest BCUT2D eigenvalue weighted by atomic mass is 10.0. The molecular weight excluding hydrogens is 619 g/mol. The van der Waals surface area contributed by atoms with Crippen molar-refractivity contribution >= 4 is 40.4 Å². The van der Waals surface area contributed by atoms with Gasteiger partial charge in [-0.2, -0.15) is 0 Å². The molecule has 46 heavy (non-hydrogen) atoms. The first-order valence-corrected chi connectivity index (χ1v) is 17.5. The predicted molar refractivity (Wildman–Crippen MR) is 181 cm³/mol. The van der Waals surface area contributed by atoms with Crippen molar-refractivity contribution < 1.29 is 14.4 Å². The van der Waals surface area contributed by atoms with E-state index in [1.165, 1.54) is 22.7 Å². The van der Waals surface area contributed by atoms with E-state index in [2.05, 4.69) is 44.7 Å². The number of fused-ring (bicyclic) bond motifs is 4. The van der Waals surface area contributed by atoms with Crippen molar-refractivity contribution in [3.8, 4) is 0 Å². The van der Waals surface area contributed by atoms with Gasteiger partial charge in [0.1, 0.15) is 21.4 Å². The van der Waals surface area contributed by atoms with Crippen molar-refractivity contribution in [1.82, 2.24) is 35.8 Å². The van der Waals surface area contributed by atoms with Crippen LogP contribution in [0.1, 0.15) is 93.7 Å². The molecule has 0 spiro atoms. The average Bonchev–Trinajstić information content (AvgIpc) is 3.74. The van der Waals surface area contributed by atoms with Crippen molar-refractivity contribution in [2.75, 3.05) is 19.6 Å². The van der Waals surface area contributed by atoms with E-state index in [0.717, 1.165) is 37.2 Å². The van der Waals surface area contributed by atoms with Crippen molar-refractivity contribution in [2.45, 2.75) is 64.6 Å². The number of benzene rings is 1. The quantitative estimate of drug-likeness (QED) is 0.255. The van der Waals surface area contributed by atoms with Crippen molar-refractivity contribution in [3.05, 3.63) is 98.1 Å². The van der Waals surface area contributed by atoms with Gasteiger partial charge in [0, 0.05) is 49.2 Å². The molecule has 242 valence electrons. The highest BCUT2D eigenvalue weighted by atomic mass is 32.1. The summed E-state index contributed by atoms with van der Waals surface area (Å²) in [6.07, 6.45) is 6.61. The number of hydrogen-bond donors (Lipinski definition) is 3. The third-order valence-corrected chi connectivity index (χ3v) is 9.62. The zero-order chi connectivity index (χ0) is 32.3. The summed E-state index contributed by atoms with van der Waals surface area (Å²) >= 11 is 2.74. The number of carbonyl (C=O) groups is 3. The fourth-order valence-electron chi connectivity index (χ4n) is 5.42. The Bertz CT molecular complexity index is 1580. The molecule has 3 amide bonds. The highest BCUT2D eigenvalue weighted by molar-refractivity contribution is 7.10. The van der Waals surface area contributed by atoms with Crippen LogP contribution in [0, 0.1) is 5.92 Å². The number of pyridine rings is 1. The molecular formula is C34H41N7O3S2. The van der Waals surface area contributed by atoms with Gasteiger partial charge in [-0.05, 0) is 61.4 Å². The van der Waals surface area contributed by atoms with E-state index in [1.807, 2.05) is 42.5 Å². The Morgan fingerprint density at radius 2 is 1.50 bits per heavy atom. The summed E-state index contributed by atoms with van der Waals surface area (Å²) in [7, 11) is 0. The van der Waals surface area contributed by atoms with E-state index in [0.29, 0.717) is 59.5 Å². The molecule has 0 radical (unpaired) electrons. The molecule has 0 aliphatic carbocycles. The molecule has 0 saturated carbocycles. The van der Waals surface area contributed by atoms with Crippen LogP contribution in [0.15, 0.2) is 65.6 Å². The van der Waals surface area contributed by atoms with Gasteiger partial charge in [-0.15, -0.1) is 22.7 Å². The molecule has 0 unspecified atom stereocenters. The summed E-state index contributed by atoms with van der Waals surface area (Å²) < 4.78 is 0. The molecule has 0 saturated heterocycles. The van der Waals surface area contributed by atoms with Crippen LogP contribution in [0.2, 0.25) is 0 Å². The van der Waals surface area contributed by atoms with E-state index in [1.54, 1.807) is 23.2 Å². The number of hydrogen-bond acceptors (Lipinski definition) is 9. The molecule has 1 aliphatic heterocycles. The second-order valence-corrected chi connectivity index (χ2v) is 13.7. The Morgan fingerprint density at radius 3 is 2.22 bits per heavy atom.